The number of ether oxygens (including phenoxy) is 2. The maximum absolute atomic E-state index is 14.6. The highest BCUT2D eigenvalue weighted by atomic mass is 16.5. The Hall–Kier alpha value is -5.03. The highest BCUT2D eigenvalue weighted by molar-refractivity contribution is 5.94. The Kier molecular flexibility index (Phi) is 17.5. The first kappa shape index (κ1) is 46.4. The molecule has 3 aromatic rings. The molecule has 0 heterocycles. The Balaban J connectivity index is 1.93. The summed E-state index contributed by atoms with van der Waals surface area (Å²) in [7, 11) is 7.92. The number of rotatable bonds is 20. The zero-order chi connectivity index (χ0) is 42.6. The molecular formula is C46H63N3O8. The fourth-order valence-corrected chi connectivity index (χ4v) is 6.79. The molecule has 0 aliphatic carbocycles. The van der Waals surface area contributed by atoms with Crippen molar-refractivity contribution in [2.45, 2.75) is 97.9 Å². The average molecular weight is 786 g/mol. The molecule has 11 nitrogen and oxygen atoms in total. The van der Waals surface area contributed by atoms with Gasteiger partial charge in [-0.15, -0.1) is 0 Å². The molecule has 0 radical (unpaired) electrons. The first-order valence-corrected chi connectivity index (χ1v) is 19.8. The van der Waals surface area contributed by atoms with Crippen LogP contribution in [0.5, 0.6) is 5.75 Å². The number of amides is 2. The maximum atomic E-state index is 14.6. The van der Waals surface area contributed by atoms with Crippen LogP contribution >= 0.6 is 0 Å². The Morgan fingerprint density at radius 2 is 1.07 bits per heavy atom. The summed E-state index contributed by atoms with van der Waals surface area (Å²) >= 11 is 0. The van der Waals surface area contributed by atoms with Gasteiger partial charge in [0.15, 0.2) is 11.9 Å². The number of carbonyl (C=O) groups excluding carboxylic acids is 5. The van der Waals surface area contributed by atoms with Crippen molar-refractivity contribution < 1.29 is 38.6 Å². The Morgan fingerprint density at radius 1 is 0.632 bits per heavy atom. The van der Waals surface area contributed by atoms with Crippen LogP contribution in [0, 0.1) is 31.6 Å². The van der Waals surface area contributed by atoms with E-state index in [0.717, 1.165) is 22.3 Å². The molecule has 310 valence electrons. The van der Waals surface area contributed by atoms with Gasteiger partial charge in [-0.25, -0.2) is 4.79 Å². The molecule has 6 atom stereocenters. The van der Waals surface area contributed by atoms with E-state index < -0.39 is 53.9 Å². The Labute approximate surface area is 339 Å². The zero-order valence-corrected chi connectivity index (χ0v) is 35.7. The number of ketones is 1. The molecule has 0 saturated heterocycles. The van der Waals surface area contributed by atoms with Crippen LogP contribution in [0.4, 0.5) is 0 Å². The number of aryl methyl sites for hydroxylation is 2. The lowest BCUT2D eigenvalue weighted by molar-refractivity contribution is -0.163. The van der Waals surface area contributed by atoms with E-state index in [-0.39, 0.29) is 42.6 Å². The number of phenols is 1. The molecule has 2 amide bonds. The SMILES string of the molecule is CC[C@@H](C)[C@@H](OC(=O)[C@H](Cc1ccc(C)cc1)N(C)C)C(=O)C[C@H](C(=O)N(C)[C@@H](Cc1ccc(O)cc1)C(=O)N(C)[C@H](Cc1ccc(C)cc1)C(=O)OC)C(C)C. The summed E-state index contributed by atoms with van der Waals surface area (Å²) in [6, 6.07) is 19.2. The van der Waals surface area contributed by atoms with Crippen LogP contribution < -0.4 is 0 Å². The largest absolute Gasteiger partial charge is 0.508 e. The van der Waals surface area contributed by atoms with Crippen LogP contribution in [0.3, 0.4) is 0 Å². The van der Waals surface area contributed by atoms with Crippen molar-refractivity contribution in [3.63, 3.8) is 0 Å². The van der Waals surface area contributed by atoms with Crippen molar-refractivity contribution in [3.8, 4) is 5.75 Å². The van der Waals surface area contributed by atoms with Crippen molar-refractivity contribution in [2.75, 3.05) is 35.3 Å². The second kappa shape index (κ2) is 21.5. The van der Waals surface area contributed by atoms with Crippen molar-refractivity contribution in [2.24, 2.45) is 17.8 Å². The van der Waals surface area contributed by atoms with Crippen molar-refractivity contribution in [3.05, 3.63) is 101 Å². The molecule has 0 aliphatic rings. The first-order valence-electron chi connectivity index (χ1n) is 19.8. The van der Waals surface area contributed by atoms with Gasteiger partial charge in [0.05, 0.1) is 7.11 Å². The predicted molar refractivity (Wildman–Crippen MR) is 221 cm³/mol. The van der Waals surface area contributed by atoms with Gasteiger partial charge >= 0.3 is 11.9 Å². The lowest BCUT2D eigenvalue weighted by Gasteiger charge is -2.36. The van der Waals surface area contributed by atoms with Gasteiger partial charge < -0.3 is 24.4 Å². The van der Waals surface area contributed by atoms with Crippen molar-refractivity contribution >= 4 is 29.5 Å². The number of carbonyl (C=O) groups is 5. The molecule has 57 heavy (non-hydrogen) atoms. The van der Waals surface area contributed by atoms with Gasteiger partial charge in [0.25, 0.3) is 0 Å². The van der Waals surface area contributed by atoms with Gasteiger partial charge in [0.2, 0.25) is 11.8 Å². The molecule has 3 aromatic carbocycles. The van der Waals surface area contributed by atoms with Crippen LogP contribution in [0.15, 0.2) is 72.8 Å². The number of aromatic hydroxyl groups is 1. The average Bonchev–Trinajstić information content (AvgIpc) is 3.19. The summed E-state index contributed by atoms with van der Waals surface area (Å²) in [5.74, 6) is -3.85. The molecule has 0 aromatic heterocycles. The zero-order valence-electron chi connectivity index (χ0n) is 35.7. The molecule has 3 rings (SSSR count). The summed E-state index contributed by atoms with van der Waals surface area (Å²) in [4.78, 5) is 74.7. The third kappa shape index (κ3) is 13.0. The van der Waals surface area contributed by atoms with Crippen LogP contribution in [-0.4, -0.2) is 109 Å². The standard InChI is InChI=1S/C46H63N3O8/c1-12-32(6)42(57-46(55)39(47(7)8)26-33-17-13-30(4)14-18-33)41(51)28-37(29(2)3)43(52)48(9)38(25-35-21-23-36(50)24-22-35)44(53)49(10)40(45(54)56-11)27-34-19-15-31(5)16-20-34/h13-24,29,32,37-40,42,50H,12,25-28H2,1-11H3/t32-,37+,38+,39+,40-,42-/m1/s1. The normalized spacial score (nSPS) is 14.5. The van der Waals surface area contributed by atoms with Gasteiger partial charge in [-0.1, -0.05) is 99.5 Å². The van der Waals surface area contributed by atoms with E-state index in [2.05, 4.69) is 0 Å². The Morgan fingerprint density at radius 3 is 1.51 bits per heavy atom. The number of benzene rings is 3. The van der Waals surface area contributed by atoms with E-state index in [4.69, 9.17) is 9.47 Å². The summed E-state index contributed by atoms with van der Waals surface area (Å²) in [5, 5.41) is 9.95. The second-order valence-corrected chi connectivity index (χ2v) is 15.9. The number of phenolic OH excluding ortho intramolecular Hbond substituents is 1. The summed E-state index contributed by atoms with van der Waals surface area (Å²) in [6.07, 6.45) is -0.0562. The number of hydrogen-bond acceptors (Lipinski definition) is 9. The molecule has 0 bridgehead atoms. The second-order valence-electron chi connectivity index (χ2n) is 15.9. The molecule has 11 heteroatoms. The minimum Gasteiger partial charge on any atom is -0.508 e. The van der Waals surface area contributed by atoms with Crippen LogP contribution in [-0.2, 0) is 52.7 Å². The van der Waals surface area contributed by atoms with Crippen molar-refractivity contribution in [1.82, 2.24) is 14.7 Å². The van der Waals surface area contributed by atoms with Gasteiger partial charge in [0.1, 0.15) is 23.9 Å². The van der Waals surface area contributed by atoms with E-state index in [9.17, 15) is 29.1 Å². The maximum Gasteiger partial charge on any atom is 0.328 e. The number of methoxy groups -OCH3 is 1. The van der Waals surface area contributed by atoms with E-state index in [1.54, 1.807) is 31.1 Å². The van der Waals surface area contributed by atoms with Crippen LogP contribution in [0.25, 0.3) is 0 Å². The van der Waals surface area contributed by atoms with Gasteiger partial charge in [-0.05, 0) is 75.5 Å². The molecule has 1 N–H and O–H groups in total. The van der Waals surface area contributed by atoms with E-state index in [1.807, 2.05) is 90.1 Å². The number of esters is 2. The third-order valence-electron chi connectivity index (χ3n) is 11.0. The quantitative estimate of drug-likeness (QED) is 0.137. The highest BCUT2D eigenvalue weighted by Crippen LogP contribution is 2.26. The number of hydrogen-bond donors (Lipinski definition) is 1. The predicted octanol–water partition coefficient (Wildman–Crippen LogP) is 5.98. The molecule has 0 aliphatic heterocycles. The lowest BCUT2D eigenvalue weighted by atomic mass is 9.85. The topological polar surface area (TPSA) is 134 Å². The van der Waals surface area contributed by atoms with Crippen LogP contribution in [0.2, 0.25) is 0 Å². The number of nitrogens with zero attached hydrogens (tertiary/aromatic N) is 3. The fourth-order valence-electron chi connectivity index (χ4n) is 6.79. The van der Waals surface area contributed by atoms with Gasteiger partial charge in [-0.2, -0.15) is 0 Å². The summed E-state index contributed by atoms with van der Waals surface area (Å²) in [6.45, 7) is 11.4. The summed E-state index contributed by atoms with van der Waals surface area (Å²) < 4.78 is 11.2. The van der Waals surface area contributed by atoms with Crippen LogP contribution in [0.1, 0.15) is 68.4 Å². The molecular weight excluding hydrogens is 723 g/mol. The van der Waals surface area contributed by atoms with Crippen molar-refractivity contribution in [1.29, 1.82) is 0 Å². The van der Waals surface area contributed by atoms with E-state index >= 15 is 0 Å². The van der Waals surface area contributed by atoms with E-state index in [0.29, 0.717) is 18.4 Å². The van der Waals surface area contributed by atoms with Gasteiger partial charge in [-0.3, -0.25) is 24.1 Å². The highest BCUT2D eigenvalue weighted by Gasteiger charge is 2.40. The summed E-state index contributed by atoms with van der Waals surface area (Å²) in [5.41, 5.74) is 4.63. The molecule has 0 fully saturated rings. The Bertz CT molecular complexity index is 1790. The molecule has 0 spiro atoms. The lowest BCUT2D eigenvalue weighted by Crippen LogP contribution is -2.55. The molecule has 0 unspecified atom stereocenters. The smallest absolute Gasteiger partial charge is 0.328 e. The monoisotopic (exact) mass is 785 g/mol. The minimum absolute atomic E-state index is 0.0500. The number of likely N-dealkylation sites (N-methyl/N-ethyl adjacent to an activating group) is 3. The minimum atomic E-state index is -1.08. The van der Waals surface area contributed by atoms with E-state index in [1.165, 1.54) is 43.1 Å². The molecule has 0 saturated carbocycles. The third-order valence-corrected chi connectivity index (χ3v) is 11.0. The fraction of sp³-hybridized carbons (Fsp3) is 0.500. The first-order chi connectivity index (χ1) is 26.9. The van der Waals surface area contributed by atoms with Gasteiger partial charge in [0, 0.05) is 45.2 Å². The number of Topliss-reactive ketones (excluding diaryl/α,β-unsaturated/α-hetero) is 1.